The molecule has 3 atom stereocenters. The highest BCUT2D eigenvalue weighted by Crippen LogP contribution is 2.33. The molecule has 0 spiro atoms. The van der Waals surface area contributed by atoms with Crippen LogP contribution in [0.25, 0.3) is 0 Å². The Morgan fingerprint density at radius 1 is 1.46 bits per heavy atom. The second kappa shape index (κ2) is 8.25. The summed E-state index contributed by atoms with van der Waals surface area (Å²) in [7, 11) is 0. The number of aryl methyl sites for hydroxylation is 1. The van der Waals surface area contributed by atoms with Crippen molar-refractivity contribution >= 4 is 17.2 Å². The SMILES string of the molecule is CCC(C)C(Oc1ncc(C(=O)NC(C)CO)s1)c1cnoc1C. The van der Waals surface area contributed by atoms with E-state index in [-0.39, 0.29) is 30.6 Å². The molecule has 3 unspecified atom stereocenters. The average Bonchev–Trinajstić information content (AvgIpc) is 3.20. The average molecular weight is 353 g/mol. The highest BCUT2D eigenvalue weighted by Gasteiger charge is 2.26. The van der Waals surface area contributed by atoms with E-state index < -0.39 is 0 Å². The number of hydrogen-bond donors (Lipinski definition) is 2. The molecule has 24 heavy (non-hydrogen) atoms. The Hall–Kier alpha value is -1.93. The second-order valence-electron chi connectivity index (χ2n) is 5.81. The number of rotatable bonds is 8. The Kier molecular flexibility index (Phi) is 6.33. The quantitative estimate of drug-likeness (QED) is 0.757. The minimum Gasteiger partial charge on any atom is -0.461 e. The van der Waals surface area contributed by atoms with E-state index in [9.17, 15) is 4.79 Å². The molecule has 0 aliphatic carbocycles. The van der Waals surface area contributed by atoms with Crippen molar-refractivity contribution < 1.29 is 19.2 Å². The van der Waals surface area contributed by atoms with Crippen LogP contribution in [0.2, 0.25) is 0 Å². The molecule has 0 fully saturated rings. The first-order chi connectivity index (χ1) is 11.5. The van der Waals surface area contributed by atoms with Crippen LogP contribution < -0.4 is 10.1 Å². The first-order valence-electron chi connectivity index (χ1n) is 7.91. The van der Waals surface area contributed by atoms with Gasteiger partial charge in [0.1, 0.15) is 16.7 Å². The first-order valence-corrected chi connectivity index (χ1v) is 8.73. The smallest absolute Gasteiger partial charge is 0.274 e. The monoisotopic (exact) mass is 353 g/mol. The number of carbonyl (C=O) groups excluding carboxylic acids is 1. The summed E-state index contributed by atoms with van der Waals surface area (Å²) in [5.41, 5.74) is 0.888. The molecule has 2 heterocycles. The molecule has 132 valence electrons. The Labute approximate surface area is 145 Å². The predicted molar refractivity (Wildman–Crippen MR) is 90.2 cm³/mol. The van der Waals surface area contributed by atoms with E-state index in [1.165, 1.54) is 17.5 Å². The van der Waals surface area contributed by atoms with Crippen molar-refractivity contribution in [2.24, 2.45) is 5.92 Å². The van der Waals surface area contributed by atoms with Gasteiger partial charge in [-0.15, -0.1) is 0 Å². The molecule has 2 rings (SSSR count). The van der Waals surface area contributed by atoms with Crippen molar-refractivity contribution in [1.82, 2.24) is 15.5 Å². The molecule has 0 aliphatic heterocycles. The summed E-state index contributed by atoms with van der Waals surface area (Å²) in [6, 6.07) is -0.309. The number of nitrogens with zero attached hydrogens (tertiary/aromatic N) is 2. The van der Waals surface area contributed by atoms with Crippen molar-refractivity contribution in [1.29, 1.82) is 0 Å². The highest BCUT2D eigenvalue weighted by atomic mass is 32.1. The Morgan fingerprint density at radius 2 is 2.21 bits per heavy atom. The molecule has 0 radical (unpaired) electrons. The van der Waals surface area contributed by atoms with Gasteiger partial charge >= 0.3 is 0 Å². The van der Waals surface area contributed by atoms with Crippen LogP contribution >= 0.6 is 11.3 Å². The zero-order valence-corrected chi connectivity index (χ0v) is 15.1. The summed E-state index contributed by atoms with van der Waals surface area (Å²) < 4.78 is 11.2. The van der Waals surface area contributed by atoms with E-state index in [0.29, 0.717) is 15.8 Å². The lowest BCUT2D eigenvalue weighted by Crippen LogP contribution is -2.34. The first kappa shape index (κ1) is 18.4. The number of aromatic nitrogens is 2. The van der Waals surface area contributed by atoms with Crippen LogP contribution in [0.3, 0.4) is 0 Å². The maximum Gasteiger partial charge on any atom is 0.274 e. The van der Waals surface area contributed by atoms with Gasteiger partial charge in [-0.3, -0.25) is 4.79 Å². The molecule has 2 aromatic heterocycles. The lowest BCUT2D eigenvalue weighted by molar-refractivity contribution is 0.0926. The van der Waals surface area contributed by atoms with Crippen molar-refractivity contribution in [2.75, 3.05) is 6.61 Å². The molecule has 0 aliphatic rings. The van der Waals surface area contributed by atoms with Crippen molar-refractivity contribution in [3.8, 4) is 5.19 Å². The summed E-state index contributed by atoms with van der Waals surface area (Å²) in [6.45, 7) is 7.63. The summed E-state index contributed by atoms with van der Waals surface area (Å²) in [5.74, 6) is 0.676. The minimum atomic E-state index is -0.309. The number of carbonyl (C=O) groups is 1. The Bertz CT molecular complexity index is 670. The third kappa shape index (κ3) is 4.33. The number of aliphatic hydroxyl groups excluding tert-OH is 1. The molecule has 0 aromatic carbocycles. The van der Waals surface area contributed by atoms with E-state index in [1.807, 2.05) is 6.92 Å². The largest absolute Gasteiger partial charge is 0.461 e. The number of aliphatic hydroxyl groups is 1. The number of amides is 1. The molecular formula is C16H23N3O4S. The Balaban J connectivity index is 2.13. The van der Waals surface area contributed by atoms with Crippen LogP contribution in [0.4, 0.5) is 0 Å². The zero-order chi connectivity index (χ0) is 17.7. The maximum atomic E-state index is 12.1. The number of thiazole rings is 1. The molecule has 0 saturated heterocycles. The number of hydrogen-bond acceptors (Lipinski definition) is 7. The van der Waals surface area contributed by atoms with Gasteiger partial charge < -0.3 is 19.7 Å². The molecule has 8 heteroatoms. The van der Waals surface area contributed by atoms with Crippen molar-refractivity contribution in [3.63, 3.8) is 0 Å². The van der Waals surface area contributed by atoms with Crippen molar-refractivity contribution in [3.05, 3.63) is 28.6 Å². The summed E-state index contributed by atoms with van der Waals surface area (Å²) >= 11 is 1.17. The third-order valence-corrected chi connectivity index (χ3v) is 4.73. The maximum absolute atomic E-state index is 12.1. The standard InChI is InChI=1S/C16H23N3O4S/c1-5-9(2)14(12-6-18-23-11(12)4)22-16-17-7-13(24-16)15(21)19-10(3)8-20/h6-7,9-10,14,20H,5,8H2,1-4H3,(H,19,21). The van der Waals surface area contributed by atoms with Gasteiger partial charge in [0.2, 0.25) is 0 Å². The van der Waals surface area contributed by atoms with Gasteiger partial charge in [-0.25, -0.2) is 4.98 Å². The van der Waals surface area contributed by atoms with Crippen LogP contribution in [0, 0.1) is 12.8 Å². The molecule has 7 nitrogen and oxygen atoms in total. The highest BCUT2D eigenvalue weighted by molar-refractivity contribution is 7.15. The number of ether oxygens (including phenoxy) is 1. The fourth-order valence-corrected chi connectivity index (χ4v) is 2.85. The minimum absolute atomic E-state index is 0.114. The van der Waals surface area contributed by atoms with Crippen LogP contribution in [-0.2, 0) is 0 Å². The molecule has 0 saturated carbocycles. The lowest BCUT2D eigenvalue weighted by Gasteiger charge is -2.22. The van der Waals surface area contributed by atoms with Gasteiger partial charge in [0, 0.05) is 6.04 Å². The van der Waals surface area contributed by atoms with Crippen LogP contribution in [0.15, 0.2) is 16.9 Å². The fourth-order valence-electron chi connectivity index (χ4n) is 2.15. The third-order valence-electron chi connectivity index (χ3n) is 3.84. The van der Waals surface area contributed by atoms with Gasteiger partial charge in [-0.2, -0.15) is 0 Å². The van der Waals surface area contributed by atoms with Gasteiger partial charge in [0.15, 0.2) is 0 Å². The van der Waals surface area contributed by atoms with E-state index in [1.54, 1.807) is 13.1 Å². The van der Waals surface area contributed by atoms with E-state index in [0.717, 1.165) is 12.0 Å². The van der Waals surface area contributed by atoms with Gasteiger partial charge in [-0.05, 0) is 26.2 Å². The van der Waals surface area contributed by atoms with E-state index in [4.69, 9.17) is 14.4 Å². The summed E-state index contributed by atoms with van der Waals surface area (Å²) in [4.78, 5) is 16.7. The van der Waals surface area contributed by atoms with Crippen LogP contribution in [-0.4, -0.2) is 33.8 Å². The Morgan fingerprint density at radius 3 is 2.79 bits per heavy atom. The van der Waals surface area contributed by atoms with Gasteiger partial charge in [0.05, 0.1) is 24.6 Å². The second-order valence-corrected chi connectivity index (χ2v) is 6.80. The summed E-state index contributed by atoms with van der Waals surface area (Å²) in [5, 5.41) is 15.9. The van der Waals surface area contributed by atoms with Crippen LogP contribution in [0.5, 0.6) is 5.19 Å². The van der Waals surface area contributed by atoms with Crippen LogP contribution in [0.1, 0.15) is 54.3 Å². The lowest BCUT2D eigenvalue weighted by atomic mass is 9.96. The number of nitrogens with one attached hydrogen (secondary N) is 1. The van der Waals surface area contributed by atoms with Gasteiger partial charge in [0.25, 0.3) is 11.1 Å². The van der Waals surface area contributed by atoms with E-state index in [2.05, 4.69) is 29.3 Å². The normalized spacial score (nSPS) is 14.9. The van der Waals surface area contributed by atoms with Gasteiger partial charge in [-0.1, -0.05) is 30.3 Å². The zero-order valence-electron chi connectivity index (χ0n) is 14.3. The van der Waals surface area contributed by atoms with Crippen molar-refractivity contribution in [2.45, 2.75) is 46.3 Å². The molecule has 2 N–H and O–H groups in total. The van der Waals surface area contributed by atoms with E-state index >= 15 is 0 Å². The molecule has 1 amide bonds. The molecular weight excluding hydrogens is 330 g/mol. The molecule has 0 bridgehead atoms. The molecule has 2 aromatic rings. The summed E-state index contributed by atoms with van der Waals surface area (Å²) in [6.07, 6.45) is 3.83. The fraction of sp³-hybridized carbons (Fsp3) is 0.562. The topological polar surface area (TPSA) is 97.5 Å². The predicted octanol–water partition coefficient (Wildman–Crippen LogP) is 2.72.